The molecule has 1 atom stereocenters. The normalized spacial score (nSPS) is 17.9. The topological polar surface area (TPSA) is 46.3 Å². The zero-order chi connectivity index (χ0) is 12.7. The van der Waals surface area contributed by atoms with E-state index in [1.807, 2.05) is 25.1 Å². The average molecular weight is 242 g/mol. The number of rotatable bonds is 1. The van der Waals surface area contributed by atoms with Gasteiger partial charge in [0.2, 0.25) is 0 Å². The third-order valence-electron chi connectivity index (χ3n) is 3.37. The van der Waals surface area contributed by atoms with Crippen molar-refractivity contribution in [2.24, 2.45) is 0 Å². The third-order valence-corrected chi connectivity index (χ3v) is 3.37. The molecule has 92 valence electrons. The summed E-state index contributed by atoms with van der Waals surface area (Å²) >= 11 is 0. The minimum Gasteiger partial charge on any atom is -0.448 e. The van der Waals surface area contributed by atoms with Crippen molar-refractivity contribution in [2.45, 2.75) is 26.3 Å². The second-order valence-electron chi connectivity index (χ2n) is 4.61. The van der Waals surface area contributed by atoms with E-state index in [9.17, 15) is 4.79 Å². The smallest absolute Gasteiger partial charge is 0.280 e. The van der Waals surface area contributed by atoms with Gasteiger partial charge in [-0.05, 0) is 31.9 Å². The molecule has 1 unspecified atom stereocenters. The average Bonchev–Trinajstić information content (AvgIpc) is 2.91. The number of aryl methyl sites for hydroxylation is 1. The Balaban J connectivity index is 2.03. The van der Waals surface area contributed by atoms with Crippen molar-refractivity contribution in [1.82, 2.24) is 4.98 Å². The van der Waals surface area contributed by atoms with E-state index in [1.54, 1.807) is 11.8 Å². The number of amides is 1. The number of aromatic nitrogens is 1. The summed E-state index contributed by atoms with van der Waals surface area (Å²) in [4.78, 5) is 18.3. The second-order valence-corrected chi connectivity index (χ2v) is 4.61. The van der Waals surface area contributed by atoms with Crippen molar-refractivity contribution >= 4 is 11.6 Å². The molecular weight excluding hydrogens is 228 g/mol. The molecule has 1 aliphatic rings. The molecule has 3 rings (SSSR count). The van der Waals surface area contributed by atoms with E-state index in [0.717, 1.165) is 12.1 Å². The number of fused-ring (bicyclic) bond motifs is 1. The molecule has 2 heterocycles. The molecule has 4 nitrogen and oxygen atoms in total. The summed E-state index contributed by atoms with van der Waals surface area (Å²) in [7, 11) is 0. The van der Waals surface area contributed by atoms with Crippen molar-refractivity contribution in [3.8, 4) is 0 Å². The zero-order valence-electron chi connectivity index (χ0n) is 10.4. The van der Waals surface area contributed by atoms with Crippen LogP contribution in [0.2, 0.25) is 0 Å². The molecule has 18 heavy (non-hydrogen) atoms. The first-order valence-corrected chi connectivity index (χ1v) is 6.00. The summed E-state index contributed by atoms with van der Waals surface area (Å²) in [6.07, 6.45) is 2.20. The molecule has 1 aliphatic heterocycles. The van der Waals surface area contributed by atoms with Crippen molar-refractivity contribution in [3.63, 3.8) is 0 Å². The molecule has 0 fully saturated rings. The number of para-hydroxylation sites is 1. The molecule has 0 spiro atoms. The molecule has 0 saturated heterocycles. The Morgan fingerprint density at radius 2 is 2.22 bits per heavy atom. The van der Waals surface area contributed by atoms with E-state index in [1.165, 1.54) is 12.0 Å². The number of benzene rings is 1. The molecule has 1 aromatic heterocycles. The number of anilines is 1. The Morgan fingerprint density at radius 3 is 2.94 bits per heavy atom. The van der Waals surface area contributed by atoms with Crippen molar-refractivity contribution in [3.05, 3.63) is 47.7 Å². The highest BCUT2D eigenvalue weighted by Gasteiger charge is 2.33. The molecule has 1 amide bonds. The highest BCUT2D eigenvalue weighted by molar-refractivity contribution is 6.07. The summed E-state index contributed by atoms with van der Waals surface area (Å²) in [5.74, 6) is 0.482. The molecule has 0 aliphatic carbocycles. The molecular formula is C14H14N2O2. The largest absolute Gasteiger partial charge is 0.448 e. The van der Waals surface area contributed by atoms with Crippen LogP contribution >= 0.6 is 0 Å². The molecule has 0 saturated carbocycles. The van der Waals surface area contributed by atoms with E-state index in [0.29, 0.717) is 11.5 Å². The predicted octanol–water partition coefficient (Wildman–Crippen LogP) is 2.57. The minimum atomic E-state index is -0.0845. The van der Waals surface area contributed by atoms with Gasteiger partial charge in [0.15, 0.2) is 12.1 Å². The standard InChI is InChI=1S/C14H14N2O2/c1-9-7-11-5-3-4-6-12(11)16(9)14(17)13-10(2)18-8-15-13/h3-6,8-9H,7H2,1-2H3. The minimum absolute atomic E-state index is 0.0845. The fourth-order valence-corrected chi connectivity index (χ4v) is 2.50. The highest BCUT2D eigenvalue weighted by Crippen LogP contribution is 2.33. The van der Waals surface area contributed by atoms with Gasteiger partial charge in [0.1, 0.15) is 5.76 Å². The number of hydrogen-bond donors (Lipinski definition) is 0. The van der Waals surface area contributed by atoms with E-state index < -0.39 is 0 Å². The Bertz CT molecular complexity index is 603. The second kappa shape index (κ2) is 3.98. The van der Waals surface area contributed by atoms with Crippen molar-refractivity contribution in [2.75, 3.05) is 4.90 Å². The Labute approximate surface area is 105 Å². The van der Waals surface area contributed by atoms with Crippen LogP contribution in [0.3, 0.4) is 0 Å². The Kier molecular flexibility index (Phi) is 2.44. The van der Waals surface area contributed by atoms with Gasteiger partial charge in [0, 0.05) is 11.7 Å². The molecule has 4 heteroatoms. The van der Waals surface area contributed by atoms with Crippen LogP contribution < -0.4 is 4.90 Å². The molecule has 0 radical (unpaired) electrons. The van der Waals surface area contributed by atoms with E-state index in [2.05, 4.69) is 11.1 Å². The number of oxazole rings is 1. The van der Waals surface area contributed by atoms with Gasteiger partial charge in [0.05, 0.1) is 0 Å². The maximum Gasteiger partial charge on any atom is 0.280 e. The lowest BCUT2D eigenvalue weighted by atomic mass is 10.1. The van der Waals surface area contributed by atoms with Gasteiger partial charge in [-0.2, -0.15) is 0 Å². The fraction of sp³-hybridized carbons (Fsp3) is 0.286. The lowest BCUT2D eigenvalue weighted by Crippen LogP contribution is -2.36. The summed E-state index contributed by atoms with van der Waals surface area (Å²) in [5.41, 5.74) is 2.59. The quantitative estimate of drug-likeness (QED) is 0.772. The molecule has 2 aromatic rings. The van der Waals surface area contributed by atoms with Crippen LogP contribution in [0, 0.1) is 6.92 Å². The SMILES string of the molecule is Cc1ocnc1C(=O)N1c2ccccc2CC1C. The summed E-state index contributed by atoms with van der Waals surface area (Å²) in [6.45, 7) is 3.81. The molecule has 0 N–H and O–H groups in total. The zero-order valence-corrected chi connectivity index (χ0v) is 10.4. The Hall–Kier alpha value is -2.10. The van der Waals surface area contributed by atoms with Gasteiger partial charge in [-0.3, -0.25) is 4.79 Å². The number of hydrogen-bond acceptors (Lipinski definition) is 3. The van der Waals surface area contributed by atoms with Crippen LogP contribution in [0.5, 0.6) is 0 Å². The first-order chi connectivity index (χ1) is 8.68. The first kappa shape index (κ1) is 11.0. The highest BCUT2D eigenvalue weighted by atomic mass is 16.3. The first-order valence-electron chi connectivity index (χ1n) is 6.00. The third kappa shape index (κ3) is 1.53. The Morgan fingerprint density at radius 1 is 1.44 bits per heavy atom. The van der Waals surface area contributed by atoms with Gasteiger partial charge >= 0.3 is 0 Å². The lowest BCUT2D eigenvalue weighted by Gasteiger charge is -2.21. The van der Waals surface area contributed by atoms with E-state index in [-0.39, 0.29) is 11.9 Å². The van der Waals surface area contributed by atoms with E-state index in [4.69, 9.17) is 4.42 Å². The van der Waals surface area contributed by atoms with Crippen LogP contribution in [0.1, 0.15) is 28.7 Å². The van der Waals surface area contributed by atoms with Crippen LogP contribution in [-0.4, -0.2) is 16.9 Å². The fourth-order valence-electron chi connectivity index (χ4n) is 2.50. The van der Waals surface area contributed by atoms with Gasteiger partial charge in [-0.25, -0.2) is 4.98 Å². The monoisotopic (exact) mass is 242 g/mol. The van der Waals surface area contributed by atoms with Gasteiger partial charge in [-0.15, -0.1) is 0 Å². The lowest BCUT2D eigenvalue weighted by molar-refractivity contribution is 0.0976. The number of carbonyl (C=O) groups is 1. The van der Waals surface area contributed by atoms with E-state index >= 15 is 0 Å². The summed E-state index contributed by atoms with van der Waals surface area (Å²) in [6, 6.07) is 8.15. The predicted molar refractivity (Wildman–Crippen MR) is 67.7 cm³/mol. The maximum absolute atomic E-state index is 12.5. The summed E-state index contributed by atoms with van der Waals surface area (Å²) < 4.78 is 5.11. The summed E-state index contributed by atoms with van der Waals surface area (Å²) in [5, 5.41) is 0. The van der Waals surface area contributed by atoms with Gasteiger partial charge < -0.3 is 9.32 Å². The molecule has 1 aromatic carbocycles. The maximum atomic E-state index is 12.5. The van der Waals surface area contributed by atoms with Gasteiger partial charge in [-0.1, -0.05) is 18.2 Å². The van der Waals surface area contributed by atoms with Crippen LogP contribution in [-0.2, 0) is 6.42 Å². The van der Waals surface area contributed by atoms with Crippen molar-refractivity contribution in [1.29, 1.82) is 0 Å². The van der Waals surface area contributed by atoms with Crippen LogP contribution in [0.4, 0.5) is 5.69 Å². The van der Waals surface area contributed by atoms with Crippen molar-refractivity contribution < 1.29 is 9.21 Å². The number of carbonyl (C=O) groups excluding carboxylic acids is 1. The van der Waals surface area contributed by atoms with Crippen LogP contribution in [0.25, 0.3) is 0 Å². The molecule has 0 bridgehead atoms. The number of nitrogens with zero attached hydrogens (tertiary/aromatic N) is 2. The van der Waals surface area contributed by atoms with Crippen LogP contribution in [0.15, 0.2) is 35.1 Å². The van der Waals surface area contributed by atoms with Gasteiger partial charge in [0.25, 0.3) is 5.91 Å².